The molecule has 2 aliphatic heterocycles. The summed E-state index contributed by atoms with van der Waals surface area (Å²) in [6.07, 6.45) is 9.49. The van der Waals surface area contributed by atoms with Gasteiger partial charge in [0.2, 0.25) is 0 Å². The first kappa shape index (κ1) is 11.7. The summed E-state index contributed by atoms with van der Waals surface area (Å²) in [7, 11) is 1.84. The molecule has 2 heterocycles. The summed E-state index contributed by atoms with van der Waals surface area (Å²) in [4.78, 5) is 14.4. The maximum Gasteiger partial charge on any atom is 0.136 e. The van der Waals surface area contributed by atoms with Crippen molar-refractivity contribution < 1.29 is 9.53 Å². The second-order valence-electron chi connectivity index (χ2n) is 5.91. The first-order valence-corrected chi connectivity index (χ1v) is 7.11. The van der Waals surface area contributed by atoms with Crippen LogP contribution in [0.1, 0.15) is 51.4 Å². The Hall–Kier alpha value is -0.410. The molecule has 0 aromatic carbocycles. The van der Waals surface area contributed by atoms with E-state index in [2.05, 4.69) is 4.90 Å². The molecular weight excluding hydrogens is 214 g/mol. The molecule has 4 unspecified atom stereocenters. The predicted octanol–water partition coefficient (Wildman–Crippen LogP) is 2.14. The summed E-state index contributed by atoms with van der Waals surface area (Å²) in [5.41, 5.74) is 0. The van der Waals surface area contributed by atoms with Crippen LogP contribution >= 0.6 is 0 Å². The lowest BCUT2D eigenvalue weighted by Gasteiger charge is -2.49. The van der Waals surface area contributed by atoms with Gasteiger partial charge in [0.15, 0.2) is 0 Å². The minimum Gasteiger partial charge on any atom is -0.380 e. The third kappa shape index (κ3) is 2.04. The number of carbonyl (C=O) groups excluding carboxylic acids is 1. The van der Waals surface area contributed by atoms with E-state index in [1.165, 1.54) is 38.5 Å². The van der Waals surface area contributed by atoms with Gasteiger partial charge in [-0.3, -0.25) is 9.69 Å². The van der Waals surface area contributed by atoms with Crippen LogP contribution in [-0.4, -0.2) is 42.0 Å². The first-order valence-electron chi connectivity index (χ1n) is 7.11. The van der Waals surface area contributed by atoms with Crippen molar-refractivity contribution >= 4 is 5.78 Å². The minimum absolute atomic E-state index is 0.409. The number of hydrogen-bond donors (Lipinski definition) is 0. The molecule has 3 aliphatic rings. The van der Waals surface area contributed by atoms with Crippen LogP contribution in [0.3, 0.4) is 0 Å². The molecule has 0 spiro atoms. The predicted molar refractivity (Wildman–Crippen MR) is 65.9 cm³/mol. The average molecular weight is 237 g/mol. The lowest BCUT2D eigenvalue weighted by molar-refractivity contribution is -0.131. The van der Waals surface area contributed by atoms with Gasteiger partial charge in [-0.05, 0) is 32.1 Å². The van der Waals surface area contributed by atoms with Crippen LogP contribution in [0.5, 0.6) is 0 Å². The van der Waals surface area contributed by atoms with Crippen LogP contribution in [0, 0.1) is 0 Å². The molecule has 3 rings (SSSR count). The molecule has 2 bridgehead atoms. The molecule has 1 aliphatic carbocycles. The second-order valence-corrected chi connectivity index (χ2v) is 5.91. The molecule has 3 nitrogen and oxygen atoms in total. The van der Waals surface area contributed by atoms with Gasteiger partial charge in [0.25, 0.3) is 0 Å². The topological polar surface area (TPSA) is 29.5 Å². The van der Waals surface area contributed by atoms with Gasteiger partial charge < -0.3 is 4.74 Å². The number of rotatable bonds is 2. The average Bonchev–Trinajstić information content (AvgIpc) is 2.75. The Morgan fingerprint density at radius 2 is 1.71 bits per heavy atom. The highest BCUT2D eigenvalue weighted by Crippen LogP contribution is 2.39. The van der Waals surface area contributed by atoms with Crippen LogP contribution in [-0.2, 0) is 9.53 Å². The molecule has 3 heteroatoms. The normalized spacial score (nSPS) is 43.0. The lowest BCUT2D eigenvalue weighted by atomic mass is 9.82. The highest BCUT2D eigenvalue weighted by Gasteiger charge is 2.44. The van der Waals surface area contributed by atoms with Gasteiger partial charge in [0.05, 0.1) is 6.10 Å². The fourth-order valence-corrected chi connectivity index (χ4v) is 4.27. The zero-order valence-electron chi connectivity index (χ0n) is 10.7. The Balaban J connectivity index is 1.79. The van der Waals surface area contributed by atoms with E-state index in [0.29, 0.717) is 30.0 Å². The van der Waals surface area contributed by atoms with Crippen LogP contribution in [0.2, 0.25) is 0 Å². The third-order valence-corrected chi connectivity index (χ3v) is 4.95. The Bertz CT molecular complexity index is 289. The fraction of sp³-hybridized carbons (Fsp3) is 0.929. The van der Waals surface area contributed by atoms with Gasteiger partial charge in [-0.2, -0.15) is 0 Å². The lowest BCUT2D eigenvalue weighted by Crippen LogP contribution is -2.58. The number of nitrogens with zero attached hydrogens (tertiary/aromatic N) is 1. The van der Waals surface area contributed by atoms with Gasteiger partial charge in [0.1, 0.15) is 5.78 Å². The number of ketones is 1. The number of methoxy groups -OCH3 is 1. The summed E-state index contributed by atoms with van der Waals surface area (Å²) in [5, 5.41) is 0. The van der Waals surface area contributed by atoms with Crippen molar-refractivity contribution in [2.24, 2.45) is 0 Å². The van der Waals surface area contributed by atoms with Crippen LogP contribution in [0.25, 0.3) is 0 Å². The molecular formula is C14H23NO2. The van der Waals surface area contributed by atoms with Gasteiger partial charge in [-0.15, -0.1) is 0 Å². The van der Waals surface area contributed by atoms with Crippen molar-refractivity contribution in [1.82, 2.24) is 4.90 Å². The third-order valence-electron chi connectivity index (χ3n) is 4.95. The Labute approximate surface area is 104 Å². The number of Topliss-reactive ketones (excluding diaryl/α,β-unsaturated/α-hetero) is 1. The SMILES string of the molecule is COC1CCCC1N1C2CCCC1CC(=O)C2. The zero-order valence-corrected chi connectivity index (χ0v) is 10.7. The second kappa shape index (κ2) is 4.69. The first-order chi connectivity index (χ1) is 8.29. The number of hydrogen-bond acceptors (Lipinski definition) is 3. The molecule has 0 aromatic rings. The number of piperidine rings is 2. The van der Waals surface area contributed by atoms with E-state index in [4.69, 9.17) is 4.74 Å². The molecule has 0 N–H and O–H groups in total. The van der Waals surface area contributed by atoms with Crippen molar-refractivity contribution in [3.05, 3.63) is 0 Å². The highest BCUT2D eigenvalue weighted by atomic mass is 16.5. The summed E-state index contributed by atoms with van der Waals surface area (Å²) in [6, 6.07) is 1.63. The Kier molecular flexibility index (Phi) is 3.22. The number of fused-ring (bicyclic) bond motifs is 2. The van der Waals surface area contributed by atoms with Gasteiger partial charge >= 0.3 is 0 Å². The van der Waals surface area contributed by atoms with Crippen molar-refractivity contribution in [2.75, 3.05) is 7.11 Å². The molecule has 0 aromatic heterocycles. The molecule has 3 fully saturated rings. The van der Waals surface area contributed by atoms with Gasteiger partial charge in [-0.25, -0.2) is 0 Å². The van der Waals surface area contributed by atoms with Crippen molar-refractivity contribution in [1.29, 1.82) is 0 Å². The number of ether oxygens (including phenoxy) is 1. The smallest absolute Gasteiger partial charge is 0.136 e. The maximum absolute atomic E-state index is 11.7. The van der Waals surface area contributed by atoms with E-state index in [0.717, 1.165) is 12.8 Å². The maximum atomic E-state index is 11.7. The molecule has 0 amide bonds. The molecule has 0 radical (unpaired) electrons. The van der Waals surface area contributed by atoms with Crippen LogP contribution in [0.4, 0.5) is 0 Å². The van der Waals surface area contributed by atoms with Gasteiger partial charge in [-0.1, -0.05) is 6.42 Å². The van der Waals surface area contributed by atoms with E-state index in [1.54, 1.807) is 0 Å². The van der Waals surface area contributed by atoms with Crippen LogP contribution in [0.15, 0.2) is 0 Å². The molecule has 4 atom stereocenters. The molecule has 1 saturated carbocycles. The van der Waals surface area contributed by atoms with E-state index in [-0.39, 0.29) is 0 Å². The number of carbonyl (C=O) groups is 1. The van der Waals surface area contributed by atoms with E-state index < -0.39 is 0 Å². The summed E-state index contributed by atoms with van der Waals surface area (Å²) in [6.45, 7) is 0. The highest BCUT2D eigenvalue weighted by molar-refractivity contribution is 5.80. The largest absolute Gasteiger partial charge is 0.380 e. The summed E-state index contributed by atoms with van der Waals surface area (Å²) in [5.74, 6) is 0.489. The zero-order chi connectivity index (χ0) is 11.8. The van der Waals surface area contributed by atoms with Gasteiger partial charge in [0, 0.05) is 38.1 Å². The van der Waals surface area contributed by atoms with Crippen LogP contribution < -0.4 is 0 Å². The van der Waals surface area contributed by atoms with Crippen molar-refractivity contribution in [3.8, 4) is 0 Å². The Morgan fingerprint density at radius 3 is 2.35 bits per heavy atom. The fourth-order valence-electron chi connectivity index (χ4n) is 4.27. The minimum atomic E-state index is 0.409. The summed E-state index contributed by atoms with van der Waals surface area (Å²) >= 11 is 0. The van der Waals surface area contributed by atoms with Crippen molar-refractivity contribution in [3.63, 3.8) is 0 Å². The summed E-state index contributed by atoms with van der Waals surface area (Å²) < 4.78 is 5.64. The Morgan fingerprint density at radius 1 is 1.06 bits per heavy atom. The van der Waals surface area contributed by atoms with E-state index >= 15 is 0 Å². The monoisotopic (exact) mass is 237 g/mol. The van der Waals surface area contributed by atoms with E-state index in [1.807, 2.05) is 7.11 Å². The molecule has 17 heavy (non-hydrogen) atoms. The quantitative estimate of drug-likeness (QED) is 0.737. The van der Waals surface area contributed by atoms with E-state index in [9.17, 15) is 4.79 Å². The van der Waals surface area contributed by atoms with Crippen molar-refractivity contribution in [2.45, 2.75) is 75.6 Å². The standard InChI is InChI=1S/C14H23NO2/c1-17-14-7-3-6-13(14)15-10-4-2-5-11(15)9-12(16)8-10/h10-11,13-14H,2-9H2,1H3. The molecule has 2 saturated heterocycles. The molecule has 96 valence electrons.